The second kappa shape index (κ2) is 6.95. The molecule has 3 heterocycles. The summed E-state index contributed by atoms with van der Waals surface area (Å²) in [7, 11) is 2.86. The molecule has 0 atom stereocenters. The molecule has 0 radical (unpaired) electrons. The highest BCUT2D eigenvalue weighted by Gasteiger charge is 2.26. The van der Waals surface area contributed by atoms with Gasteiger partial charge >= 0.3 is 11.7 Å². The number of hydrogen-bond acceptors (Lipinski definition) is 6. The minimum Gasteiger partial charge on any atom is -0.462 e. The Morgan fingerprint density at radius 2 is 1.75 bits per heavy atom. The van der Waals surface area contributed by atoms with Crippen molar-refractivity contribution in [2.45, 2.75) is 27.3 Å². The summed E-state index contributed by atoms with van der Waals surface area (Å²) < 4.78 is 8.65. The minimum absolute atomic E-state index is 0.139. The molecule has 0 aliphatic carbocycles. The number of carbonyl (C=O) groups is 2. The second-order valence-electron chi connectivity index (χ2n) is 6.52. The summed E-state index contributed by atoms with van der Waals surface area (Å²) in [4.78, 5) is 57.0. The normalized spacial score (nSPS) is 11.2. The van der Waals surface area contributed by atoms with Crippen LogP contribution in [-0.4, -0.2) is 42.0 Å². The van der Waals surface area contributed by atoms with Gasteiger partial charge in [-0.25, -0.2) is 14.6 Å². The number of aromatic nitrogens is 5. The van der Waals surface area contributed by atoms with Crippen molar-refractivity contribution in [2.24, 2.45) is 14.1 Å². The number of aromatic amines is 1. The molecule has 28 heavy (non-hydrogen) atoms. The van der Waals surface area contributed by atoms with Gasteiger partial charge < -0.3 is 14.3 Å². The average Bonchev–Trinajstić information content (AvgIpc) is 3.18. The second-order valence-corrected chi connectivity index (χ2v) is 6.52. The quantitative estimate of drug-likeness (QED) is 0.501. The fourth-order valence-electron chi connectivity index (χ4n) is 3.34. The van der Waals surface area contributed by atoms with Crippen molar-refractivity contribution < 1.29 is 14.3 Å². The first-order chi connectivity index (χ1) is 13.2. The summed E-state index contributed by atoms with van der Waals surface area (Å²) in [5.74, 6) is -0.957. The first kappa shape index (κ1) is 19.3. The fourth-order valence-corrected chi connectivity index (χ4v) is 3.34. The van der Waals surface area contributed by atoms with Gasteiger partial charge in [0, 0.05) is 25.5 Å². The number of nitrogens with one attached hydrogen (secondary N) is 1. The predicted molar refractivity (Wildman–Crippen MR) is 101 cm³/mol. The zero-order chi connectivity index (χ0) is 20.7. The Labute approximate surface area is 159 Å². The molecular formula is C18H21N5O5. The molecule has 0 saturated heterocycles. The smallest absolute Gasteiger partial charge is 0.340 e. The first-order valence-corrected chi connectivity index (χ1v) is 8.69. The van der Waals surface area contributed by atoms with Gasteiger partial charge in [-0.15, -0.1) is 0 Å². The van der Waals surface area contributed by atoms with Crippen LogP contribution in [0.1, 0.15) is 39.0 Å². The highest BCUT2D eigenvalue weighted by Crippen LogP contribution is 2.21. The Bertz CT molecular complexity index is 1220. The van der Waals surface area contributed by atoms with Gasteiger partial charge in [0.25, 0.3) is 5.56 Å². The number of carbonyl (C=O) groups excluding carboxylic acids is 2. The largest absolute Gasteiger partial charge is 0.462 e. The van der Waals surface area contributed by atoms with E-state index in [0.29, 0.717) is 11.4 Å². The van der Waals surface area contributed by atoms with Crippen molar-refractivity contribution in [3.63, 3.8) is 0 Å². The molecule has 0 aliphatic rings. The molecule has 1 N–H and O–H groups in total. The van der Waals surface area contributed by atoms with Crippen molar-refractivity contribution in [3.8, 4) is 0 Å². The zero-order valence-corrected chi connectivity index (χ0v) is 16.3. The van der Waals surface area contributed by atoms with Crippen LogP contribution in [0.15, 0.2) is 15.9 Å². The summed E-state index contributed by atoms with van der Waals surface area (Å²) in [6.45, 7) is 5.04. The molecule has 0 fully saturated rings. The Balaban J connectivity index is 2.10. The van der Waals surface area contributed by atoms with E-state index in [-0.39, 0.29) is 41.2 Å². The number of esters is 1. The van der Waals surface area contributed by atoms with E-state index < -0.39 is 17.2 Å². The Hall–Kier alpha value is -3.43. The van der Waals surface area contributed by atoms with Gasteiger partial charge in [-0.1, -0.05) is 0 Å². The molecule has 0 aromatic carbocycles. The third-order valence-electron chi connectivity index (χ3n) is 4.66. The molecule has 10 heteroatoms. The van der Waals surface area contributed by atoms with Crippen LogP contribution >= 0.6 is 0 Å². The van der Waals surface area contributed by atoms with Gasteiger partial charge in [-0.05, 0) is 20.8 Å². The molecule has 0 spiro atoms. The van der Waals surface area contributed by atoms with E-state index in [4.69, 9.17) is 4.74 Å². The lowest BCUT2D eigenvalue weighted by Gasteiger charge is -2.08. The Morgan fingerprint density at radius 3 is 2.39 bits per heavy atom. The molecule has 3 rings (SSSR count). The summed E-state index contributed by atoms with van der Waals surface area (Å²) in [6.07, 6.45) is 1.34. The van der Waals surface area contributed by atoms with Gasteiger partial charge in [0.05, 0.1) is 30.6 Å². The lowest BCUT2D eigenvalue weighted by molar-refractivity contribution is 0.0522. The topological polar surface area (TPSA) is 121 Å². The zero-order valence-electron chi connectivity index (χ0n) is 16.3. The maximum absolute atomic E-state index is 13.0. The van der Waals surface area contributed by atoms with Crippen molar-refractivity contribution in [2.75, 3.05) is 6.61 Å². The number of hydrogen-bond donors (Lipinski definition) is 1. The third kappa shape index (κ3) is 2.86. The minimum atomic E-state index is -0.582. The van der Waals surface area contributed by atoms with Crippen molar-refractivity contribution in [3.05, 3.63) is 49.7 Å². The Morgan fingerprint density at radius 1 is 1.11 bits per heavy atom. The SMILES string of the molecule is CCOC(=O)c1c(C)[nH]c(C)c1C(=O)Cn1cnc2c1c(=O)n(C)c(=O)n2C. The molecule has 0 bridgehead atoms. The van der Waals surface area contributed by atoms with Crippen molar-refractivity contribution >= 4 is 22.9 Å². The lowest BCUT2D eigenvalue weighted by atomic mass is 10.0. The molecule has 0 saturated carbocycles. The van der Waals surface area contributed by atoms with E-state index in [1.54, 1.807) is 20.8 Å². The molecule has 0 amide bonds. The van der Waals surface area contributed by atoms with Crippen LogP contribution in [0.2, 0.25) is 0 Å². The van der Waals surface area contributed by atoms with Crippen molar-refractivity contribution in [1.82, 2.24) is 23.7 Å². The molecule has 148 valence electrons. The van der Waals surface area contributed by atoms with Crippen molar-refractivity contribution in [1.29, 1.82) is 0 Å². The average molecular weight is 387 g/mol. The number of H-pyrrole nitrogens is 1. The number of nitrogens with zero attached hydrogens (tertiary/aromatic N) is 4. The summed E-state index contributed by atoms with van der Waals surface area (Å²) in [5, 5.41) is 0. The highest BCUT2D eigenvalue weighted by molar-refractivity contribution is 6.08. The molecule has 0 unspecified atom stereocenters. The van der Waals surface area contributed by atoms with Crippen LogP contribution in [0.4, 0.5) is 0 Å². The van der Waals surface area contributed by atoms with E-state index in [9.17, 15) is 19.2 Å². The van der Waals surface area contributed by atoms with E-state index in [1.165, 1.54) is 29.6 Å². The van der Waals surface area contributed by atoms with E-state index in [1.807, 2.05) is 0 Å². The van der Waals surface area contributed by atoms with E-state index >= 15 is 0 Å². The molecule has 3 aromatic heterocycles. The van der Waals surface area contributed by atoms with Gasteiger partial charge in [-0.3, -0.25) is 18.7 Å². The van der Waals surface area contributed by atoms with Crippen LogP contribution < -0.4 is 11.2 Å². The maximum Gasteiger partial charge on any atom is 0.340 e. The monoisotopic (exact) mass is 387 g/mol. The number of imidazole rings is 1. The summed E-state index contributed by atoms with van der Waals surface area (Å²) in [6, 6.07) is 0. The van der Waals surface area contributed by atoms with E-state index in [2.05, 4.69) is 9.97 Å². The third-order valence-corrected chi connectivity index (χ3v) is 4.66. The molecular weight excluding hydrogens is 366 g/mol. The van der Waals surface area contributed by atoms with Crippen LogP contribution in [0, 0.1) is 13.8 Å². The Kier molecular flexibility index (Phi) is 4.80. The van der Waals surface area contributed by atoms with Gasteiger partial charge in [0.1, 0.15) is 0 Å². The van der Waals surface area contributed by atoms with E-state index in [0.717, 1.165) is 4.57 Å². The predicted octanol–water partition coefficient (Wildman–Crippen LogP) is 0.438. The number of ether oxygens (including phenoxy) is 1. The first-order valence-electron chi connectivity index (χ1n) is 8.69. The standard InChI is InChI=1S/C18H21N5O5/c1-6-28-17(26)13-10(3)20-9(2)12(13)11(24)7-23-8-19-15-14(23)16(25)22(5)18(27)21(15)4/h8,20H,6-7H2,1-5H3. The van der Waals surface area contributed by atoms with Crippen LogP contribution in [0.25, 0.3) is 11.2 Å². The van der Waals surface area contributed by atoms with Crippen LogP contribution in [-0.2, 0) is 25.4 Å². The fraction of sp³-hybridized carbons (Fsp3) is 0.389. The highest BCUT2D eigenvalue weighted by atomic mass is 16.5. The maximum atomic E-state index is 13.0. The number of rotatable bonds is 5. The molecule has 0 aliphatic heterocycles. The number of aryl methyl sites for hydroxylation is 3. The van der Waals surface area contributed by atoms with Gasteiger partial charge in [-0.2, -0.15) is 0 Å². The van der Waals surface area contributed by atoms with Gasteiger partial charge in [0.15, 0.2) is 16.9 Å². The number of ketones is 1. The summed E-state index contributed by atoms with van der Waals surface area (Å²) >= 11 is 0. The number of Topliss-reactive ketones (excluding diaryl/α,β-unsaturated/α-hetero) is 1. The lowest BCUT2D eigenvalue weighted by Crippen LogP contribution is -2.37. The molecule has 3 aromatic rings. The summed E-state index contributed by atoms with van der Waals surface area (Å²) in [5.41, 5.74) is 0.762. The van der Waals surface area contributed by atoms with Crippen LogP contribution in [0.3, 0.4) is 0 Å². The molecule has 10 nitrogen and oxygen atoms in total. The van der Waals surface area contributed by atoms with Crippen LogP contribution in [0.5, 0.6) is 0 Å². The number of fused-ring (bicyclic) bond motifs is 1. The van der Waals surface area contributed by atoms with Gasteiger partial charge in [0.2, 0.25) is 0 Å².